The molecule has 0 amide bonds. The van der Waals surface area contributed by atoms with Crippen LogP contribution in [0.5, 0.6) is 0 Å². The first-order valence-electron chi connectivity index (χ1n) is 7.99. The largest absolute Gasteiger partial charge is 0.401 e. The maximum absolute atomic E-state index is 12.2. The fraction of sp³-hybridized carbons (Fsp3) is 0.733. The molecule has 0 saturated heterocycles. The standard InChI is InChI=1S/C15H26F3N5S/c1-4-19-14(21-8-6-13-22-10-12(2)24-13)20-7-5-9-23(3)11-15(16,17)18/h10H,4-9,11H2,1-3H3,(H2,19,20,21). The lowest BCUT2D eigenvalue weighted by Crippen LogP contribution is -2.38. The average Bonchev–Trinajstić information content (AvgIpc) is 2.87. The molecular formula is C15H26F3N5S. The van der Waals surface area contributed by atoms with Crippen LogP contribution in [0.1, 0.15) is 23.2 Å². The SMILES string of the molecule is CCNC(=NCCCN(C)CC(F)(F)F)NCCc1ncc(C)s1. The molecule has 0 unspecified atom stereocenters. The highest BCUT2D eigenvalue weighted by Gasteiger charge is 2.28. The molecule has 24 heavy (non-hydrogen) atoms. The zero-order chi connectivity index (χ0) is 18.0. The van der Waals surface area contributed by atoms with Crippen LogP contribution in [0.3, 0.4) is 0 Å². The number of aromatic nitrogens is 1. The van der Waals surface area contributed by atoms with Gasteiger partial charge in [0.05, 0.1) is 11.6 Å². The van der Waals surface area contributed by atoms with E-state index in [1.807, 2.05) is 20.0 Å². The predicted octanol–water partition coefficient (Wildman–Crippen LogP) is 2.43. The molecule has 0 aliphatic heterocycles. The Morgan fingerprint density at radius 2 is 2.12 bits per heavy atom. The molecule has 1 rings (SSSR count). The normalized spacial score (nSPS) is 12.7. The summed E-state index contributed by atoms with van der Waals surface area (Å²) < 4.78 is 36.7. The summed E-state index contributed by atoms with van der Waals surface area (Å²) in [6.45, 7) is 5.40. The highest BCUT2D eigenvalue weighted by atomic mass is 32.1. The number of nitrogens with zero attached hydrogens (tertiary/aromatic N) is 3. The van der Waals surface area contributed by atoms with Gasteiger partial charge in [-0.25, -0.2) is 4.98 Å². The molecule has 5 nitrogen and oxygen atoms in total. The molecule has 1 heterocycles. The topological polar surface area (TPSA) is 52.6 Å². The minimum Gasteiger partial charge on any atom is -0.357 e. The van der Waals surface area contributed by atoms with Crippen LogP contribution < -0.4 is 10.6 Å². The van der Waals surface area contributed by atoms with E-state index in [2.05, 4.69) is 20.6 Å². The van der Waals surface area contributed by atoms with Crippen molar-refractivity contribution in [1.82, 2.24) is 20.5 Å². The van der Waals surface area contributed by atoms with Crippen LogP contribution in [0.15, 0.2) is 11.2 Å². The fourth-order valence-corrected chi connectivity index (χ4v) is 2.85. The van der Waals surface area contributed by atoms with Crippen molar-refractivity contribution in [3.05, 3.63) is 16.1 Å². The van der Waals surface area contributed by atoms with Gasteiger partial charge in [-0.1, -0.05) is 0 Å². The Morgan fingerprint density at radius 3 is 2.71 bits per heavy atom. The molecule has 0 atom stereocenters. The van der Waals surface area contributed by atoms with Gasteiger partial charge >= 0.3 is 6.18 Å². The summed E-state index contributed by atoms with van der Waals surface area (Å²) in [7, 11) is 1.47. The summed E-state index contributed by atoms with van der Waals surface area (Å²) in [5.41, 5.74) is 0. The first kappa shape index (κ1) is 20.7. The van der Waals surface area contributed by atoms with Gasteiger partial charge in [0.15, 0.2) is 5.96 Å². The van der Waals surface area contributed by atoms with Crippen molar-refractivity contribution < 1.29 is 13.2 Å². The van der Waals surface area contributed by atoms with Crippen molar-refractivity contribution in [2.75, 3.05) is 39.8 Å². The molecule has 2 N–H and O–H groups in total. The van der Waals surface area contributed by atoms with Crippen LogP contribution in [0, 0.1) is 6.92 Å². The number of thiazole rings is 1. The monoisotopic (exact) mass is 365 g/mol. The van der Waals surface area contributed by atoms with Gasteiger partial charge in [0.1, 0.15) is 0 Å². The highest BCUT2D eigenvalue weighted by Crippen LogP contribution is 2.15. The molecule has 0 radical (unpaired) electrons. The number of alkyl halides is 3. The molecule has 0 aromatic carbocycles. The maximum Gasteiger partial charge on any atom is 0.401 e. The van der Waals surface area contributed by atoms with E-state index in [1.165, 1.54) is 16.8 Å². The summed E-state index contributed by atoms with van der Waals surface area (Å²) >= 11 is 1.67. The van der Waals surface area contributed by atoms with Crippen molar-refractivity contribution >= 4 is 17.3 Å². The van der Waals surface area contributed by atoms with Gasteiger partial charge in [-0.05, 0) is 33.9 Å². The van der Waals surface area contributed by atoms with E-state index < -0.39 is 12.7 Å². The number of nitrogens with one attached hydrogen (secondary N) is 2. The molecule has 0 saturated carbocycles. The smallest absolute Gasteiger partial charge is 0.357 e. The van der Waals surface area contributed by atoms with E-state index in [9.17, 15) is 13.2 Å². The first-order valence-corrected chi connectivity index (χ1v) is 8.80. The number of hydrogen-bond donors (Lipinski definition) is 2. The van der Waals surface area contributed by atoms with E-state index in [1.54, 1.807) is 11.3 Å². The van der Waals surface area contributed by atoms with E-state index >= 15 is 0 Å². The Kier molecular flexibility index (Phi) is 9.05. The second kappa shape index (κ2) is 10.5. The van der Waals surface area contributed by atoms with Crippen LogP contribution in [0.4, 0.5) is 13.2 Å². The second-order valence-corrected chi connectivity index (χ2v) is 6.83. The summed E-state index contributed by atoms with van der Waals surface area (Å²) in [6, 6.07) is 0. The van der Waals surface area contributed by atoms with Gasteiger partial charge in [0.25, 0.3) is 0 Å². The van der Waals surface area contributed by atoms with E-state index in [0.29, 0.717) is 32.0 Å². The lowest BCUT2D eigenvalue weighted by molar-refractivity contribution is -0.143. The average molecular weight is 365 g/mol. The zero-order valence-electron chi connectivity index (χ0n) is 14.4. The van der Waals surface area contributed by atoms with Crippen molar-refractivity contribution in [3.8, 4) is 0 Å². The number of guanidine groups is 1. The number of aliphatic imine (C=N–C) groups is 1. The van der Waals surface area contributed by atoms with Crippen molar-refractivity contribution in [3.63, 3.8) is 0 Å². The summed E-state index contributed by atoms with van der Waals surface area (Å²) in [5, 5.41) is 7.42. The number of aryl methyl sites for hydroxylation is 1. The van der Waals surface area contributed by atoms with Gasteiger partial charge in [-0.3, -0.25) is 9.89 Å². The fourth-order valence-electron chi connectivity index (χ4n) is 2.06. The van der Waals surface area contributed by atoms with Crippen LogP contribution in [-0.4, -0.2) is 61.8 Å². The quantitative estimate of drug-likeness (QED) is 0.401. The Morgan fingerprint density at radius 1 is 1.38 bits per heavy atom. The highest BCUT2D eigenvalue weighted by molar-refractivity contribution is 7.11. The zero-order valence-corrected chi connectivity index (χ0v) is 15.2. The Hall–Kier alpha value is -1.35. The minimum atomic E-state index is -4.15. The molecule has 0 bridgehead atoms. The molecule has 0 spiro atoms. The van der Waals surface area contributed by atoms with Crippen LogP contribution in [0.25, 0.3) is 0 Å². The first-order chi connectivity index (χ1) is 11.3. The van der Waals surface area contributed by atoms with Crippen LogP contribution >= 0.6 is 11.3 Å². The number of halogens is 3. The van der Waals surface area contributed by atoms with Crippen LogP contribution in [0.2, 0.25) is 0 Å². The molecule has 1 aromatic rings. The molecule has 1 aromatic heterocycles. The molecule has 0 aliphatic rings. The van der Waals surface area contributed by atoms with Gasteiger partial charge in [0.2, 0.25) is 0 Å². The maximum atomic E-state index is 12.2. The van der Waals surface area contributed by atoms with Crippen molar-refractivity contribution in [1.29, 1.82) is 0 Å². The van der Waals surface area contributed by atoms with Gasteiger partial charge in [-0.15, -0.1) is 11.3 Å². The number of hydrogen-bond acceptors (Lipinski definition) is 4. The van der Waals surface area contributed by atoms with Crippen molar-refractivity contribution in [2.24, 2.45) is 4.99 Å². The Labute approximate surface area is 145 Å². The third kappa shape index (κ3) is 9.71. The van der Waals surface area contributed by atoms with E-state index in [0.717, 1.165) is 18.0 Å². The molecule has 0 aliphatic carbocycles. The third-order valence-electron chi connectivity index (χ3n) is 3.06. The molecule has 138 valence electrons. The van der Waals surface area contributed by atoms with Gasteiger partial charge < -0.3 is 10.6 Å². The Bertz CT molecular complexity index is 502. The molecule has 9 heteroatoms. The summed E-state index contributed by atoms with van der Waals surface area (Å²) in [6.07, 6.45) is -0.897. The lowest BCUT2D eigenvalue weighted by Gasteiger charge is -2.18. The van der Waals surface area contributed by atoms with Gasteiger partial charge in [-0.2, -0.15) is 13.2 Å². The number of rotatable bonds is 9. The summed E-state index contributed by atoms with van der Waals surface area (Å²) in [5.74, 6) is 0.684. The second-order valence-electron chi connectivity index (χ2n) is 5.51. The van der Waals surface area contributed by atoms with Crippen molar-refractivity contribution in [2.45, 2.75) is 32.9 Å². The third-order valence-corrected chi connectivity index (χ3v) is 4.03. The van der Waals surface area contributed by atoms with Crippen LogP contribution in [-0.2, 0) is 6.42 Å². The lowest BCUT2D eigenvalue weighted by atomic mass is 10.4. The Balaban J connectivity index is 2.28. The van der Waals surface area contributed by atoms with E-state index in [-0.39, 0.29) is 0 Å². The predicted molar refractivity (Wildman–Crippen MR) is 92.7 cm³/mol. The molecule has 0 fully saturated rings. The molecular weight excluding hydrogens is 339 g/mol. The summed E-state index contributed by atoms with van der Waals surface area (Å²) in [4.78, 5) is 11.1. The minimum absolute atomic E-state index is 0.362. The van der Waals surface area contributed by atoms with Gasteiger partial charge in [0, 0.05) is 37.1 Å². The van der Waals surface area contributed by atoms with E-state index in [4.69, 9.17) is 0 Å².